The van der Waals surface area contributed by atoms with Gasteiger partial charge in [0.1, 0.15) is 5.82 Å². The molecule has 4 rings (SSSR count). The lowest BCUT2D eigenvalue weighted by Gasteiger charge is -2.28. The number of halogens is 1. The molecule has 2 fully saturated rings. The summed E-state index contributed by atoms with van der Waals surface area (Å²) in [5, 5.41) is 1.33. The van der Waals surface area contributed by atoms with E-state index in [2.05, 4.69) is 55.9 Å². The molecular formula is C21H23FS. The lowest BCUT2D eigenvalue weighted by Crippen LogP contribution is -2.18. The molecular weight excluding hydrogens is 303 g/mol. The first kappa shape index (κ1) is 15.3. The standard InChI is InChI=1S/C21H23FS/c1-12-4-7-15(8-5-12)20-18-11-17(14(3)23-21(18)20)16-9-6-13(2)19(22)10-16/h4-10,14,17-18,20-21H,11H2,1-3H3/t14?,17?,18?,20-,21?/m0/s1. The molecule has 2 heteroatoms. The molecule has 1 saturated carbocycles. The molecule has 2 aromatic rings. The zero-order valence-electron chi connectivity index (χ0n) is 13.9. The number of hydrogen-bond acceptors (Lipinski definition) is 1. The second-order valence-corrected chi connectivity index (χ2v) is 8.82. The summed E-state index contributed by atoms with van der Waals surface area (Å²) in [6.07, 6.45) is 1.19. The maximum absolute atomic E-state index is 13.9. The maximum atomic E-state index is 13.9. The van der Waals surface area contributed by atoms with Gasteiger partial charge in [-0.3, -0.25) is 0 Å². The van der Waals surface area contributed by atoms with Gasteiger partial charge in [-0.05, 0) is 60.8 Å². The minimum atomic E-state index is -0.0623. The van der Waals surface area contributed by atoms with Gasteiger partial charge >= 0.3 is 0 Å². The first-order chi connectivity index (χ1) is 11.0. The number of rotatable bonds is 2. The van der Waals surface area contributed by atoms with E-state index in [4.69, 9.17) is 0 Å². The van der Waals surface area contributed by atoms with Gasteiger partial charge in [0.25, 0.3) is 0 Å². The number of thioether (sulfide) groups is 1. The van der Waals surface area contributed by atoms with Gasteiger partial charge < -0.3 is 0 Å². The third kappa shape index (κ3) is 2.71. The topological polar surface area (TPSA) is 0 Å². The van der Waals surface area contributed by atoms with Gasteiger partial charge in [-0.1, -0.05) is 48.9 Å². The van der Waals surface area contributed by atoms with Crippen molar-refractivity contribution < 1.29 is 4.39 Å². The Morgan fingerprint density at radius 1 is 1.00 bits per heavy atom. The summed E-state index contributed by atoms with van der Waals surface area (Å²) < 4.78 is 13.9. The average Bonchev–Trinajstić information content (AvgIpc) is 3.22. The summed E-state index contributed by atoms with van der Waals surface area (Å²) >= 11 is 2.11. The molecule has 2 aliphatic rings. The van der Waals surface area contributed by atoms with Crippen LogP contribution in [0.2, 0.25) is 0 Å². The normalized spacial score (nSPS) is 32.4. The van der Waals surface area contributed by atoms with E-state index in [9.17, 15) is 4.39 Å². The highest BCUT2D eigenvalue weighted by atomic mass is 32.2. The summed E-state index contributed by atoms with van der Waals surface area (Å²) in [7, 11) is 0. The largest absolute Gasteiger partial charge is 0.207 e. The fourth-order valence-corrected chi connectivity index (χ4v) is 5.98. The molecule has 0 N–H and O–H groups in total. The summed E-state index contributed by atoms with van der Waals surface area (Å²) in [5.41, 5.74) is 4.74. The Balaban J connectivity index is 1.55. The molecule has 0 bridgehead atoms. The third-order valence-corrected chi connectivity index (χ3v) is 7.36. The van der Waals surface area contributed by atoms with Crippen molar-refractivity contribution in [1.82, 2.24) is 0 Å². The van der Waals surface area contributed by atoms with E-state index in [-0.39, 0.29) is 5.82 Å². The number of aryl methyl sites for hydroxylation is 2. The first-order valence-corrected chi connectivity index (χ1v) is 9.47. The van der Waals surface area contributed by atoms with Gasteiger partial charge in [0.2, 0.25) is 0 Å². The molecule has 0 amide bonds. The van der Waals surface area contributed by atoms with E-state index in [0.717, 1.165) is 16.7 Å². The summed E-state index contributed by atoms with van der Waals surface area (Å²) in [5.74, 6) is 1.87. The van der Waals surface area contributed by atoms with Crippen LogP contribution in [0.1, 0.15) is 47.4 Å². The van der Waals surface area contributed by atoms with Crippen LogP contribution in [0.5, 0.6) is 0 Å². The summed E-state index contributed by atoms with van der Waals surface area (Å²) in [4.78, 5) is 0. The van der Waals surface area contributed by atoms with Gasteiger partial charge in [-0.15, -0.1) is 0 Å². The molecule has 2 aromatic carbocycles. The smallest absolute Gasteiger partial charge is 0.126 e. The van der Waals surface area contributed by atoms with Crippen molar-refractivity contribution in [3.8, 4) is 0 Å². The molecule has 5 atom stereocenters. The highest BCUT2D eigenvalue weighted by molar-refractivity contribution is 8.00. The Morgan fingerprint density at radius 3 is 2.39 bits per heavy atom. The van der Waals surface area contributed by atoms with Gasteiger partial charge in [-0.25, -0.2) is 4.39 Å². The van der Waals surface area contributed by atoms with Crippen molar-refractivity contribution in [3.05, 3.63) is 70.5 Å². The van der Waals surface area contributed by atoms with Crippen LogP contribution in [0.3, 0.4) is 0 Å². The molecule has 120 valence electrons. The first-order valence-electron chi connectivity index (χ1n) is 8.52. The van der Waals surface area contributed by atoms with Crippen molar-refractivity contribution in [2.75, 3.05) is 0 Å². The monoisotopic (exact) mass is 326 g/mol. The van der Waals surface area contributed by atoms with Crippen LogP contribution in [-0.4, -0.2) is 10.5 Å². The predicted octanol–water partition coefficient (Wildman–Crippen LogP) is 5.83. The third-order valence-electron chi connectivity index (χ3n) is 5.65. The van der Waals surface area contributed by atoms with Crippen LogP contribution >= 0.6 is 11.8 Å². The van der Waals surface area contributed by atoms with E-state index < -0.39 is 0 Å². The van der Waals surface area contributed by atoms with Gasteiger partial charge in [0, 0.05) is 10.5 Å². The van der Waals surface area contributed by atoms with Crippen LogP contribution in [-0.2, 0) is 0 Å². The number of benzene rings is 2. The second kappa shape index (κ2) is 5.66. The van der Waals surface area contributed by atoms with E-state index in [1.807, 2.05) is 13.0 Å². The molecule has 0 nitrogen and oxygen atoms in total. The summed E-state index contributed by atoms with van der Waals surface area (Å²) in [6.45, 7) is 6.29. The van der Waals surface area contributed by atoms with Crippen LogP contribution in [0.25, 0.3) is 0 Å². The Bertz CT molecular complexity index is 721. The molecule has 1 aliphatic carbocycles. The fraction of sp³-hybridized carbons (Fsp3) is 0.429. The Morgan fingerprint density at radius 2 is 1.70 bits per heavy atom. The molecule has 0 spiro atoms. The Hall–Kier alpha value is -1.28. The van der Waals surface area contributed by atoms with Crippen LogP contribution in [0.15, 0.2) is 42.5 Å². The van der Waals surface area contributed by atoms with Crippen molar-refractivity contribution in [2.24, 2.45) is 5.92 Å². The van der Waals surface area contributed by atoms with E-state index >= 15 is 0 Å². The SMILES string of the molecule is Cc1ccc([C@H]2C3CC(c4ccc(C)c(F)c4)C(C)SC32)cc1. The highest BCUT2D eigenvalue weighted by Gasteiger charge is 2.56. The van der Waals surface area contributed by atoms with Gasteiger partial charge in [0.05, 0.1) is 0 Å². The molecule has 0 aromatic heterocycles. The molecule has 4 unspecified atom stereocenters. The molecule has 0 radical (unpaired) electrons. The fourth-order valence-electron chi connectivity index (χ4n) is 4.11. The quantitative estimate of drug-likeness (QED) is 0.668. The summed E-state index contributed by atoms with van der Waals surface area (Å²) in [6, 6.07) is 14.9. The van der Waals surface area contributed by atoms with Crippen molar-refractivity contribution in [3.63, 3.8) is 0 Å². The highest BCUT2D eigenvalue weighted by Crippen LogP contribution is 2.64. The average molecular weight is 326 g/mol. The lowest BCUT2D eigenvalue weighted by atomic mass is 9.89. The number of hydrogen-bond donors (Lipinski definition) is 0. The zero-order valence-corrected chi connectivity index (χ0v) is 14.7. The zero-order chi connectivity index (χ0) is 16.1. The van der Waals surface area contributed by atoms with Crippen LogP contribution in [0, 0.1) is 25.6 Å². The van der Waals surface area contributed by atoms with Gasteiger partial charge in [-0.2, -0.15) is 11.8 Å². The maximum Gasteiger partial charge on any atom is 0.126 e. The molecule has 1 aliphatic heterocycles. The molecule has 1 saturated heterocycles. The van der Waals surface area contributed by atoms with Crippen LogP contribution < -0.4 is 0 Å². The Labute approximate surface area is 142 Å². The minimum Gasteiger partial charge on any atom is -0.207 e. The van der Waals surface area contributed by atoms with Crippen molar-refractivity contribution in [1.29, 1.82) is 0 Å². The Kier molecular flexibility index (Phi) is 3.76. The minimum absolute atomic E-state index is 0.0623. The second-order valence-electron chi connectivity index (χ2n) is 7.26. The van der Waals surface area contributed by atoms with E-state index in [0.29, 0.717) is 17.1 Å². The van der Waals surface area contributed by atoms with E-state index in [1.54, 1.807) is 6.07 Å². The molecule has 23 heavy (non-hydrogen) atoms. The van der Waals surface area contributed by atoms with Crippen molar-refractivity contribution >= 4 is 11.8 Å². The van der Waals surface area contributed by atoms with Crippen LogP contribution in [0.4, 0.5) is 4.39 Å². The predicted molar refractivity (Wildman–Crippen MR) is 96.7 cm³/mol. The molecule has 1 heterocycles. The van der Waals surface area contributed by atoms with Crippen molar-refractivity contribution in [2.45, 2.75) is 49.5 Å². The van der Waals surface area contributed by atoms with Gasteiger partial charge in [0.15, 0.2) is 0 Å². The number of fused-ring (bicyclic) bond motifs is 1. The lowest BCUT2D eigenvalue weighted by molar-refractivity contribution is 0.544. The van der Waals surface area contributed by atoms with E-state index in [1.165, 1.54) is 23.1 Å².